The molecule has 1 aliphatic rings. The maximum Gasteiger partial charge on any atom is 0.0427 e. The predicted octanol–water partition coefficient (Wildman–Crippen LogP) is 2.41. The van der Waals surface area contributed by atoms with E-state index in [1.807, 2.05) is 12.1 Å². The number of benzene rings is 1. The lowest BCUT2D eigenvalue weighted by Crippen LogP contribution is -2.38. The molecule has 106 valence electrons. The predicted molar refractivity (Wildman–Crippen MR) is 83.5 cm³/mol. The van der Waals surface area contributed by atoms with E-state index in [4.69, 9.17) is 11.6 Å². The maximum atomic E-state index is 11.4. The van der Waals surface area contributed by atoms with Gasteiger partial charge in [-0.2, -0.15) is 0 Å². The first-order valence-electron chi connectivity index (χ1n) is 6.79. The second-order valence-electron chi connectivity index (χ2n) is 4.78. The molecule has 1 aliphatic heterocycles. The van der Waals surface area contributed by atoms with Crippen molar-refractivity contribution in [3.8, 4) is 0 Å². The average Bonchev–Trinajstić information content (AvgIpc) is 2.41. The topological polar surface area (TPSA) is 32.3 Å². The number of hydrogen-bond donors (Lipinski definition) is 1. The molecule has 0 spiro atoms. The van der Waals surface area contributed by atoms with Gasteiger partial charge in [-0.05, 0) is 30.7 Å². The van der Waals surface area contributed by atoms with Crippen LogP contribution in [0, 0.1) is 0 Å². The summed E-state index contributed by atoms with van der Waals surface area (Å²) in [4.78, 5) is 2.30. The van der Waals surface area contributed by atoms with Crippen molar-refractivity contribution in [3.63, 3.8) is 0 Å². The van der Waals surface area contributed by atoms with Crippen molar-refractivity contribution >= 4 is 28.1 Å². The summed E-state index contributed by atoms with van der Waals surface area (Å²) in [5, 5.41) is 4.19. The first kappa shape index (κ1) is 14.8. The number of halogens is 1. The Balaban J connectivity index is 2.12. The fraction of sp³-hybridized carbons (Fsp3) is 0.571. The number of nitrogens with zero attached hydrogens (tertiary/aromatic N) is 1. The van der Waals surface area contributed by atoms with Gasteiger partial charge in [0.2, 0.25) is 0 Å². The van der Waals surface area contributed by atoms with Crippen LogP contribution in [0.15, 0.2) is 18.2 Å². The Hall–Kier alpha value is -0.580. The Labute approximate surface area is 122 Å². The molecule has 0 saturated carbocycles. The third kappa shape index (κ3) is 4.20. The first-order valence-corrected chi connectivity index (χ1v) is 8.66. The minimum absolute atomic E-state index is 0.644. The van der Waals surface area contributed by atoms with Crippen molar-refractivity contribution in [2.24, 2.45) is 0 Å². The van der Waals surface area contributed by atoms with Crippen molar-refractivity contribution in [3.05, 3.63) is 28.8 Å². The van der Waals surface area contributed by atoms with Crippen LogP contribution in [-0.2, 0) is 17.3 Å². The Morgan fingerprint density at radius 2 is 2.11 bits per heavy atom. The van der Waals surface area contributed by atoms with Crippen LogP contribution >= 0.6 is 11.6 Å². The second kappa shape index (κ2) is 7.27. The van der Waals surface area contributed by atoms with Crippen LogP contribution in [0.3, 0.4) is 0 Å². The standard InChI is InChI=1S/C14H21ClN2OS/c1-2-5-16-11-12-3-4-13(15)10-14(12)17-6-8-19(18)9-7-17/h3-4,10,16H,2,5-9,11H2,1H3. The molecule has 0 aliphatic carbocycles. The molecule has 3 nitrogen and oxygen atoms in total. The van der Waals surface area contributed by atoms with E-state index >= 15 is 0 Å². The summed E-state index contributed by atoms with van der Waals surface area (Å²) in [6, 6.07) is 6.06. The monoisotopic (exact) mass is 300 g/mol. The minimum atomic E-state index is -0.644. The second-order valence-corrected chi connectivity index (χ2v) is 6.92. The molecule has 0 atom stereocenters. The first-order chi connectivity index (χ1) is 9.20. The van der Waals surface area contributed by atoms with Crippen LogP contribution in [0.1, 0.15) is 18.9 Å². The van der Waals surface area contributed by atoms with E-state index in [9.17, 15) is 4.21 Å². The molecule has 0 amide bonds. The largest absolute Gasteiger partial charge is 0.369 e. The Morgan fingerprint density at radius 3 is 2.79 bits per heavy atom. The van der Waals surface area contributed by atoms with Gasteiger partial charge in [0.25, 0.3) is 0 Å². The molecule has 1 heterocycles. The zero-order chi connectivity index (χ0) is 13.7. The lowest BCUT2D eigenvalue weighted by Gasteiger charge is -2.30. The smallest absolute Gasteiger partial charge is 0.0427 e. The summed E-state index contributed by atoms with van der Waals surface area (Å²) in [5.74, 6) is 1.52. The molecule has 2 rings (SSSR count). The van der Waals surface area contributed by atoms with Crippen molar-refractivity contribution in [1.82, 2.24) is 5.32 Å². The van der Waals surface area contributed by atoms with Crippen molar-refractivity contribution in [2.75, 3.05) is 36.0 Å². The van der Waals surface area contributed by atoms with Crippen molar-refractivity contribution in [2.45, 2.75) is 19.9 Å². The van der Waals surface area contributed by atoms with Crippen LogP contribution in [0.5, 0.6) is 0 Å². The van der Waals surface area contributed by atoms with E-state index in [1.165, 1.54) is 11.3 Å². The van der Waals surface area contributed by atoms with Crippen LogP contribution < -0.4 is 10.2 Å². The molecule has 0 unspecified atom stereocenters. The highest BCUT2D eigenvalue weighted by Crippen LogP contribution is 2.26. The molecule has 1 aromatic carbocycles. The quantitative estimate of drug-likeness (QED) is 0.848. The summed E-state index contributed by atoms with van der Waals surface area (Å²) in [5.41, 5.74) is 2.46. The highest BCUT2D eigenvalue weighted by atomic mass is 35.5. The summed E-state index contributed by atoms with van der Waals surface area (Å²) >= 11 is 6.12. The molecule has 1 N–H and O–H groups in total. The maximum absolute atomic E-state index is 11.4. The van der Waals surface area contributed by atoms with Crippen LogP contribution in [0.4, 0.5) is 5.69 Å². The zero-order valence-corrected chi connectivity index (χ0v) is 12.9. The van der Waals surface area contributed by atoms with Gasteiger partial charge in [0.15, 0.2) is 0 Å². The molecule has 1 aromatic rings. The third-order valence-electron chi connectivity index (χ3n) is 3.31. The van der Waals surface area contributed by atoms with E-state index in [-0.39, 0.29) is 0 Å². The number of anilines is 1. The van der Waals surface area contributed by atoms with Gasteiger partial charge in [0, 0.05) is 52.6 Å². The Bertz CT molecular complexity index is 443. The van der Waals surface area contributed by atoms with Gasteiger partial charge in [-0.3, -0.25) is 4.21 Å². The lowest BCUT2D eigenvalue weighted by molar-refractivity contribution is 0.666. The average molecular weight is 301 g/mol. The molecule has 1 saturated heterocycles. The van der Waals surface area contributed by atoms with Gasteiger partial charge in [0.1, 0.15) is 0 Å². The highest BCUT2D eigenvalue weighted by Gasteiger charge is 2.18. The van der Waals surface area contributed by atoms with E-state index in [1.54, 1.807) is 0 Å². The summed E-state index contributed by atoms with van der Waals surface area (Å²) in [6.07, 6.45) is 1.13. The molecular formula is C14H21ClN2OS. The van der Waals surface area contributed by atoms with E-state index in [0.29, 0.717) is 0 Å². The van der Waals surface area contributed by atoms with Gasteiger partial charge >= 0.3 is 0 Å². The number of hydrogen-bond acceptors (Lipinski definition) is 3. The molecule has 19 heavy (non-hydrogen) atoms. The number of rotatable bonds is 5. The molecule has 0 aromatic heterocycles. The Kier molecular flexibility index (Phi) is 5.67. The van der Waals surface area contributed by atoms with Crippen LogP contribution in [0.2, 0.25) is 5.02 Å². The third-order valence-corrected chi connectivity index (χ3v) is 4.82. The molecule has 5 heteroatoms. The summed E-state index contributed by atoms with van der Waals surface area (Å²) in [6.45, 7) is 5.75. The van der Waals surface area contributed by atoms with E-state index in [0.717, 1.165) is 49.1 Å². The van der Waals surface area contributed by atoms with Gasteiger partial charge in [-0.15, -0.1) is 0 Å². The van der Waals surface area contributed by atoms with Gasteiger partial charge in [-0.1, -0.05) is 24.6 Å². The van der Waals surface area contributed by atoms with Gasteiger partial charge in [0.05, 0.1) is 0 Å². The summed E-state index contributed by atoms with van der Waals surface area (Å²) < 4.78 is 11.4. The van der Waals surface area contributed by atoms with Crippen LogP contribution in [0.25, 0.3) is 0 Å². The fourth-order valence-corrected chi connectivity index (χ4v) is 3.48. The summed E-state index contributed by atoms with van der Waals surface area (Å²) in [7, 11) is -0.644. The van der Waals surface area contributed by atoms with Crippen molar-refractivity contribution < 1.29 is 4.21 Å². The molecule has 1 fully saturated rings. The van der Waals surface area contributed by atoms with Crippen LogP contribution in [-0.4, -0.2) is 35.3 Å². The fourth-order valence-electron chi connectivity index (χ4n) is 2.26. The van der Waals surface area contributed by atoms with Gasteiger partial charge < -0.3 is 10.2 Å². The molecular weight excluding hydrogens is 280 g/mol. The molecule has 0 radical (unpaired) electrons. The normalized spacial score (nSPS) is 16.8. The number of nitrogens with one attached hydrogen (secondary N) is 1. The van der Waals surface area contributed by atoms with E-state index < -0.39 is 10.8 Å². The minimum Gasteiger partial charge on any atom is -0.369 e. The lowest BCUT2D eigenvalue weighted by atomic mass is 10.1. The SMILES string of the molecule is CCCNCc1ccc(Cl)cc1N1CCS(=O)CC1. The zero-order valence-electron chi connectivity index (χ0n) is 11.3. The highest BCUT2D eigenvalue weighted by molar-refractivity contribution is 7.85. The van der Waals surface area contributed by atoms with Crippen molar-refractivity contribution in [1.29, 1.82) is 0 Å². The van der Waals surface area contributed by atoms with Gasteiger partial charge in [-0.25, -0.2) is 0 Å². The van der Waals surface area contributed by atoms with E-state index in [2.05, 4.69) is 23.2 Å². The Morgan fingerprint density at radius 1 is 1.37 bits per heavy atom. The molecule has 0 bridgehead atoms.